The Bertz CT molecular complexity index is 753. The van der Waals surface area contributed by atoms with Crippen molar-refractivity contribution in [2.45, 2.75) is 45.1 Å². The first-order valence-corrected chi connectivity index (χ1v) is 11.3. The van der Waals surface area contributed by atoms with Crippen molar-refractivity contribution < 1.29 is 27.4 Å². The predicted octanol–water partition coefficient (Wildman–Crippen LogP) is 2.44. The van der Waals surface area contributed by atoms with Crippen LogP contribution >= 0.6 is 0 Å². The minimum atomic E-state index is -3.55. The first-order chi connectivity index (χ1) is 13.3. The largest absolute Gasteiger partial charge is 0.493 e. The first-order valence-electron chi connectivity index (χ1n) is 9.61. The maximum Gasteiger partial charge on any atom is 0.317 e. The van der Waals surface area contributed by atoms with E-state index >= 15 is 0 Å². The van der Waals surface area contributed by atoms with Gasteiger partial charge in [0.05, 0.1) is 18.9 Å². The molecule has 0 spiro atoms. The molecule has 3 N–H and O–H groups in total. The number of rotatable bonds is 14. The van der Waals surface area contributed by atoms with Gasteiger partial charge in [-0.2, -0.15) is 0 Å². The van der Waals surface area contributed by atoms with Gasteiger partial charge in [0.25, 0.3) is 0 Å². The summed E-state index contributed by atoms with van der Waals surface area (Å²) in [6.07, 6.45) is 4.09. The Morgan fingerprint density at radius 3 is 2.75 bits per heavy atom. The molecule has 1 saturated carbocycles. The van der Waals surface area contributed by atoms with E-state index in [1.54, 1.807) is 19.1 Å². The third-order valence-corrected chi connectivity index (χ3v) is 6.05. The third-order valence-electron chi connectivity index (χ3n) is 4.52. The van der Waals surface area contributed by atoms with E-state index in [1.807, 2.05) is 0 Å². The second kappa shape index (κ2) is 10.7. The van der Waals surface area contributed by atoms with Gasteiger partial charge in [-0.15, -0.1) is 0 Å². The van der Waals surface area contributed by atoms with Crippen molar-refractivity contribution in [2.75, 3.05) is 25.4 Å². The number of sulfonamides is 1. The van der Waals surface area contributed by atoms with Crippen LogP contribution in [0, 0.1) is 11.7 Å². The number of unbranched alkanes of at least 4 members (excludes halogenated alkanes) is 2. The number of hydrogen-bond acceptors (Lipinski definition) is 5. The molecule has 0 heterocycles. The average molecular weight is 417 g/mol. The van der Waals surface area contributed by atoms with E-state index in [0.29, 0.717) is 44.1 Å². The van der Waals surface area contributed by atoms with Gasteiger partial charge in [-0.25, -0.2) is 17.5 Å². The van der Waals surface area contributed by atoms with Gasteiger partial charge in [0.2, 0.25) is 10.0 Å². The van der Waals surface area contributed by atoms with Crippen LogP contribution in [0.15, 0.2) is 18.2 Å². The van der Waals surface area contributed by atoms with E-state index in [1.165, 1.54) is 6.07 Å². The highest BCUT2D eigenvalue weighted by Gasteiger charge is 2.23. The van der Waals surface area contributed by atoms with Gasteiger partial charge in [-0.1, -0.05) is 6.42 Å². The lowest BCUT2D eigenvalue weighted by Gasteiger charge is -2.17. The van der Waals surface area contributed by atoms with E-state index in [0.717, 1.165) is 12.8 Å². The Kier molecular flexibility index (Phi) is 8.65. The van der Waals surface area contributed by atoms with Crippen LogP contribution in [0.4, 0.5) is 4.39 Å². The molecule has 158 valence electrons. The van der Waals surface area contributed by atoms with Crippen molar-refractivity contribution in [3.05, 3.63) is 29.6 Å². The van der Waals surface area contributed by atoms with Crippen molar-refractivity contribution in [3.63, 3.8) is 0 Å². The number of nitrogens with one attached hydrogen (secondary N) is 2. The Balaban J connectivity index is 1.77. The molecule has 1 fully saturated rings. The van der Waals surface area contributed by atoms with Gasteiger partial charge in [-0.3, -0.25) is 4.79 Å². The van der Waals surface area contributed by atoms with E-state index in [-0.39, 0.29) is 17.9 Å². The summed E-state index contributed by atoms with van der Waals surface area (Å²) in [4.78, 5) is 10.4. The van der Waals surface area contributed by atoms with Gasteiger partial charge in [0, 0.05) is 11.6 Å². The number of carbonyl (C=O) groups is 1. The second-order valence-corrected chi connectivity index (χ2v) is 9.10. The summed E-state index contributed by atoms with van der Waals surface area (Å²) in [5.41, 5.74) is 0.259. The summed E-state index contributed by atoms with van der Waals surface area (Å²) in [5.74, 6) is -0.337. The normalized spacial score (nSPS) is 15.4. The molecule has 0 amide bonds. The summed E-state index contributed by atoms with van der Waals surface area (Å²) in [7, 11) is -3.55. The fourth-order valence-electron chi connectivity index (χ4n) is 2.75. The van der Waals surface area contributed by atoms with Crippen molar-refractivity contribution in [3.8, 4) is 5.75 Å². The van der Waals surface area contributed by atoms with Crippen molar-refractivity contribution in [2.24, 2.45) is 5.92 Å². The Morgan fingerprint density at radius 1 is 1.32 bits per heavy atom. The molecule has 0 aromatic heterocycles. The number of halogens is 1. The topological polar surface area (TPSA) is 105 Å². The molecule has 1 atom stereocenters. The fourth-order valence-corrected chi connectivity index (χ4v) is 4.12. The lowest BCUT2D eigenvalue weighted by molar-refractivity contribution is -0.135. The second-order valence-electron chi connectivity index (χ2n) is 7.23. The molecule has 28 heavy (non-hydrogen) atoms. The first kappa shape index (κ1) is 22.6. The molecule has 0 saturated heterocycles. The van der Waals surface area contributed by atoms with E-state index in [2.05, 4.69) is 10.0 Å². The van der Waals surface area contributed by atoms with Crippen molar-refractivity contribution in [1.29, 1.82) is 0 Å². The molecule has 0 aliphatic heterocycles. The minimum Gasteiger partial charge on any atom is -0.493 e. The molecule has 9 heteroatoms. The lowest BCUT2D eigenvalue weighted by atomic mass is 10.1. The number of benzene rings is 1. The molecule has 1 aromatic rings. The zero-order chi connectivity index (χ0) is 20.6. The molecule has 1 aromatic carbocycles. The Hall–Kier alpha value is -1.71. The number of hydrogen-bond donors (Lipinski definition) is 3. The zero-order valence-electron chi connectivity index (χ0n) is 16.1. The molecule has 1 aliphatic rings. The van der Waals surface area contributed by atoms with E-state index in [4.69, 9.17) is 9.84 Å². The molecular weight excluding hydrogens is 387 g/mol. The summed E-state index contributed by atoms with van der Waals surface area (Å²) >= 11 is 0. The zero-order valence-corrected chi connectivity index (χ0v) is 16.9. The summed E-state index contributed by atoms with van der Waals surface area (Å²) < 4.78 is 46.8. The van der Waals surface area contributed by atoms with Crippen molar-refractivity contribution >= 4 is 16.0 Å². The lowest BCUT2D eigenvalue weighted by Crippen LogP contribution is -2.29. The molecule has 0 unspecified atom stereocenters. The highest BCUT2D eigenvalue weighted by molar-refractivity contribution is 7.89. The third kappa shape index (κ3) is 8.53. The molecule has 0 radical (unpaired) electrons. The molecule has 7 nitrogen and oxygen atoms in total. The van der Waals surface area contributed by atoms with Crippen LogP contribution in [0.25, 0.3) is 0 Å². The number of carboxylic acid groups (broad SMARTS) is 1. The highest BCUT2D eigenvalue weighted by Crippen LogP contribution is 2.30. The van der Waals surface area contributed by atoms with Crippen LogP contribution in [0.1, 0.15) is 50.6 Å². The van der Waals surface area contributed by atoms with Gasteiger partial charge in [-0.05, 0) is 63.3 Å². The molecular formula is C19H29FN2O5S. The average Bonchev–Trinajstić information content (AvgIpc) is 3.43. The Labute approximate surface area is 165 Å². The van der Waals surface area contributed by atoms with Crippen LogP contribution in [-0.2, 0) is 14.8 Å². The van der Waals surface area contributed by atoms with Crippen LogP contribution in [0.3, 0.4) is 0 Å². The standard InChI is InChI=1S/C19H29FN2O5S/c1-14(17-11-16(7-8-18(17)20)27-13-15-5-6-15)22-28(25,26)10-4-2-3-9-21-12-19(23)24/h7-8,11,14-15,21-22H,2-6,9-10,12-13H2,1H3,(H,23,24)/t14-/m0/s1. The maximum absolute atomic E-state index is 14.1. The van der Waals surface area contributed by atoms with E-state index in [9.17, 15) is 17.6 Å². The summed E-state index contributed by atoms with van der Waals surface area (Å²) in [6.45, 7) is 2.63. The number of carboxylic acids is 1. The number of ether oxygens (including phenoxy) is 1. The van der Waals surface area contributed by atoms with Crippen LogP contribution < -0.4 is 14.8 Å². The molecule has 0 bridgehead atoms. The van der Waals surface area contributed by atoms with Gasteiger partial charge < -0.3 is 15.2 Å². The van der Waals surface area contributed by atoms with Crippen LogP contribution in [-0.4, -0.2) is 44.9 Å². The quantitative estimate of drug-likeness (QED) is 0.403. The van der Waals surface area contributed by atoms with Crippen molar-refractivity contribution in [1.82, 2.24) is 10.0 Å². The maximum atomic E-state index is 14.1. The summed E-state index contributed by atoms with van der Waals surface area (Å²) in [5, 5.41) is 11.3. The molecule has 2 rings (SSSR count). The monoisotopic (exact) mass is 416 g/mol. The minimum absolute atomic E-state index is 0.0598. The van der Waals surface area contributed by atoms with Gasteiger partial charge in [0.1, 0.15) is 11.6 Å². The fraction of sp³-hybridized carbons (Fsp3) is 0.632. The van der Waals surface area contributed by atoms with Crippen LogP contribution in [0.5, 0.6) is 5.75 Å². The number of aliphatic carboxylic acids is 1. The van der Waals surface area contributed by atoms with Gasteiger partial charge in [0.15, 0.2) is 0 Å². The SMILES string of the molecule is C[C@H](NS(=O)(=O)CCCCCNCC(=O)O)c1cc(OCC2CC2)ccc1F. The molecule has 1 aliphatic carbocycles. The predicted molar refractivity (Wildman–Crippen MR) is 104 cm³/mol. The smallest absolute Gasteiger partial charge is 0.317 e. The van der Waals surface area contributed by atoms with E-state index < -0.39 is 27.9 Å². The highest BCUT2D eigenvalue weighted by atomic mass is 32.2. The Morgan fingerprint density at radius 2 is 2.07 bits per heavy atom. The summed E-state index contributed by atoms with van der Waals surface area (Å²) in [6, 6.07) is 3.71. The van der Waals surface area contributed by atoms with Gasteiger partial charge >= 0.3 is 5.97 Å². The van der Waals surface area contributed by atoms with Crippen LogP contribution in [0.2, 0.25) is 0 Å².